The van der Waals surface area contributed by atoms with Gasteiger partial charge in [0.2, 0.25) is 5.91 Å². The Bertz CT molecular complexity index is 419. The lowest BCUT2D eigenvalue weighted by Gasteiger charge is -2.16. The Balaban J connectivity index is 1.73. The van der Waals surface area contributed by atoms with Gasteiger partial charge in [-0.3, -0.25) is 9.69 Å². The minimum absolute atomic E-state index is 0.154. The highest BCUT2D eigenvalue weighted by atomic mass is 16.1. The molecule has 1 N–H and O–H groups in total. The fourth-order valence-corrected chi connectivity index (χ4v) is 2.58. The second-order valence-corrected chi connectivity index (χ2v) is 5.80. The van der Waals surface area contributed by atoms with Crippen LogP contribution in [-0.4, -0.2) is 56.0 Å². The van der Waals surface area contributed by atoms with E-state index in [0.29, 0.717) is 0 Å². The molecule has 1 aromatic rings. The van der Waals surface area contributed by atoms with E-state index in [4.69, 9.17) is 0 Å². The molecular formula is C16H25N3O. The van der Waals surface area contributed by atoms with E-state index >= 15 is 0 Å². The number of likely N-dealkylation sites (N-methyl/N-ethyl adjacent to an activating group) is 1. The highest BCUT2D eigenvalue weighted by Gasteiger charge is 2.27. The van der Waals surface area contributed by atoms with Gasteiger partial charge in [-0.15, -0.1) is 0 Å². The van der Waals surface area contributed by atoms with Crippen LogP contribution < -0.4 is 5.32 Å². The predicted octanol–water partition coefficient (Wildman–Crippen LogP) is 1.19. The molecule has 110 valence electrons. The first-order chi connectivity index (χ1) is 9.65. The number of hydrogen-bond donors (Lipinski definition) is 1. The molecule has 1 aliphatic heterocycles. The van der Waals surface area contributed by atoms with Gasteiger partial charge in [0.1, 0.15) is 0 Å². The van der Waals surface area contributed by atoms with Gasteiger partial charge in [0, 0.05) is 26.2 Å². The molecule has 4 nitrogen and oxygen atoms in total. The van der Waals surface area contributed by atoms with Crippen molar-refractivity contribution in [2.75, 3.05) is 40.3 Å². The number of nitrogens with one attached hydrogen (secondary N) is 1. The number of carbonyl (C=O) groups is 1. The van der Waals surface area contributed by atoms with Gasteiger partial charge >= 0.3 is 0 Å². The van der Waals surface area contributed by atoms with Gasteiger partial charge in [-0.1, -0.05) is 30.3 Å². The van der Waals surface area contributed by atoms with Crippen molar-refractivity contribution in [2.45, 2.75) is 13.0 Å². The molecule has 1 saturated heterocycles. The lowest BCUT2D eigenvalue weighted by Crippen LogP contribution is -2.36. The van der Waals surface area contributed by atoms with Gasteiger partial charge in [0.15, 0.2) is 0 Å². The second kappa shape index (κ2) is 7.41. The molecule has 0 spiro atoms. The molecule has 1 aromatic carbocycles. The third-order valence-corrected chi connectivity index (χ3v) is 3.75. The number of hydrogen-bond acceptors (Lipinski definition) is 3. The summed E-state index contributed by atoms with van der Waals surface area (Å²) in [4.78, 5) is 16.5. The zero-order valence-corrected chi connectivity index (χ0v) is 12.5. The van der Waals surface area contributed by atoms with Crippen molar-refractivity contribution in [2.24, 2.45) is 5.92 Å². The van der Waals surface area contributed by atoms with E-state index in [-0.39, 0.29) is 11.8 Å². The average Bonchev–Trinajstić information content (AvgIpc) is 2.88. The standard InChI is InChI=1S/C16H25N3O/c1-18(2)11-9-17-16(20)15-8-10-19(13-15)12-14-6-4-3-5-7-14/h3-7,15H,8-13H2,1-2H3,(H,17,20). The van der Waals surface area contributed by atoms with E-state index in [0.717, 1.165) is 39.1 Å². The van der Waals surface area contributed by atoms with Crippen molar-refractivity contribution < 1.29 is 4.79 Å². The summed E-state index contributed by atoms with van der Waals surface area (Å²) < 4.78 is 0. The van der Waals surface area contributed by atoms with E-state index in [2.05, 4.69) is 39.4 Å². The lowest BCUT2D eigenvalue weighted by molar-refractivity contribution is -0.124. The summed E-state index contributed by atoms with van der Waals surface area (Å²) in [7, 11) is 4.03. The Kier molecular flexibility index (Phi) is 5.56. The third-order valence-electron chi connectivity index (χ3n) is 3.75. The average molecular weight is 275 g/mol. The van der Waals surface area contributed by atoms with Crippen LogP contribution in [0.1, 0.15) is 12.0 Å². The molecule has 1 heterocycles. The molecule has 1 unspecified atom stereocenters. The molecule has 1 atom stereocenters. The highest BCUT2D eigenvalue weighted by molar-refractivity contribution is 5.79. The van der Waals surface area contributed by atoms with Crippen LogP contribution in [0.5, 0.6) is 0 Å². The van der Waals surface area contributed by atoms with Crippen LogP contribution in [0.3, 0.4) is 0 Å². The summed E-state index contributed by atoms with van der Waals surface area (Å²) in [6.45, 7) is 4.47. The quantitative estimate of drug-likeness (QED) is 0.847. The molecule has 1 amide bonds. The van der Waals surface area contributed by atoms with Crippen molar-refractivity contribution in [3.8, 4) is 0 Å². The van der Waals surface area contributed by atoms with Gasteiger partial charge in [0.05, 0.1) is 5.92 Å². The van der Waals surface area contributed by atoms with E-state index in [1.54, 1.807) is 0 Å². The maximum Gasteiger partial charge on any atom is 0.224 e. The maximum absolute atomic E-state index is 12.1. The molecule has 0 aromatic heterocycles. The minimum atomic E-state index is 0.154. The molecule has 0 aliphatic carbocycles. The van der Waals surface area contributed by atoms with E-state index in [1.807, 2.05) is 20.2 Å². The zero-order valence-electron chi connectivity index (χ0n) is 12.5. The molecule has 0 bridgehead atoms. The fourth-order valence-electron chi connectivity index (χ4n) is 2.58. The second-order valence-electron chi connectivity index (χ2n) is 5.80. The van der Waals surface area contributed by atoms with Crippen molar-refractivity contribution in [3.63, 3.8) is 0 Å². The molecule has 1 aliphatic rings. The molecule has 0 saturated carbocycles. The molecule has 0 radical (unpaired) electrons. The number of nitrogens with zero attached hydrogens (tertiary/aromatic N) is 2. The fraction of sp³-hybridized carbons (Fsp3) is 0.562. The van der Waals surface area contributed by atoms with Crippen LogP contribution >= 0.6 is 0 Å². The Labute approximate surface area is 121 Å². The Morgan fingerprint density at radius 3 is 2.80 bits per heavy atom. The summed E-state index contributed by atoms with van der Waals surface area (Å²) in [5, 5.41) is 3.03. The van der Waals surface area contributed by atoms with E-state index in [1.165, 1.54) is 5.56 Å². The molecule has 2 rings (SSSR count). The largest absolute Gasteiger partial charge is 0.355 e. The van der Waals surface area contributed by atoms with Gasteiger partial charge in [-0.2, -0.15) is 0 Å². The first-order valence-electron chi connectivity index (χ1n) is 7.34. The zero-order chi connectivity index (χ0) is 14.4. The predicted molar refractivity (Wildman–Crippen MR) is 81.4 cm³/mol. The van der Waals surface area contributed by atoms with Crippen LogP contribution in [0.25, 0.3) is 0 Å². The lowest BCUT2D eigenvalue weighted by atomic mass is 10.1. The van der Waals surface area contributed by atoms with Crippen LogP contribution in [0.2, 0.25) is 0 Å². The number of benzene rings is 1. The molecule has 1 fully saturated rings. The topological polar surface area (TPSA) is 35.6 Å². The molecule has 4 heteroatoms. The summed E-state index contributed by atoms with van der Waals surface area (Å²) in [5.41, 5.74) is 1.32. The number of carbonyl (C=O) groups excluding carboxylic acids is 1. The van der Waals surface area contributed by atoms with Crippen LogP contribution in [0.4, 0.5) is 0 Å². The van der Waals surface area contributed by atoms with Crippen LogP contribution in [0, 0.1) is 5.92 Å². The Hall–Kier alpha value is -1.39. The smallest absolute Gasteiger partial charge is 0.224 e. The normalized spacial score (nSPS) is 19.4. The van der Waals surface area contributed by atoms with Gasteiger partial charge < -0.3 is 10.2 Å². The highest BCUT2D eigenvalue weighted by Crippen LogP contribution is 2.18. The molecular weight excluding hydrogens is 250 g/mol. The van der Waals surface area contributed by atoms with Gasteiger partial charge in [0.25, 0.3) is 0 Å². The van der Waals surface area contributed by atoms with Crippen molar-refractivity contribution in [1.29, 1.82) is 0 Å². The summed E-state index contributed by atoms with van der Waals surface area (Å²) in [6.07, 6.45) is 0.973. The Morgan fingerprint density at radius 2 is 2.10 bits per heavy atom. The maximum atomic E-state index is 12.1. The van der Waals surface area contributed by atoms with Gasteiger partial charge in [-0.25, -0.2) is 0 Å². The van der Waals surface area contributed by atoms with Crippen molar-refractivity contribution in [1.82, 2.24) is 15.1 Å². The number of likely N-dealkylation sites (tertiary alicyclic amines) is 1. The summed E-state index contributed by atoms with van der Waals surface area (Å²) in [5.74, 6) is 0.364. The van der Waals surface area contributed by atoms with Gasteiger partial charge in [-0.05, 0) is 32.6 Å². The third kappa shape index (κ3) is 4.62. The van der Waals surface area contributed by atoms with Crippen LogP contribution in [0.15, 0.2) is 30.3 Å². The van der Waals surface area contributed by atoms with Crippen molar-refractivity contribution >= 4 is 5.91 Å². The first-order valence-corrected chi connectivity index (χ1v) is 7.34. The van der Waals surface area contributed by atoms with E-state index in [9.17, 15) is 4.79 Å². The number of amides is 1. The summed E-state index contributed by atoms with van der Waals surface area (Å²) in [6, 6.07) is 10.5. The monoisotopic (exact) mass is 275 g/mol. The first kappa shape index (κ1) is 15.0. The minimum Gasteiger partial charge on any atom is -0.355 e. The van der Waals surface area contributed by atoms with Crippen molar-refractivity contribution in [3.05, 3.63) is 35.9 Å². The molecule has 20 heavy (non-hydrogen) atoms. The van der Waals surface area contributed by atoms with E-state index < -0.39 is 0 Å². The Morgan fingerprint density at radius 1 is 1.35 bits per heavy atom. The van der Waals surface area contributed by atoms with Crippen LogP contribution in [-0.2, 0) is 11.3 Å². The SMILES string of the molecule is CN(C)CCNC(=O)C1CCN(Cc2ccccc2)C1. The summed E-state index contributed by atoms with van der Waals surface area (Å²) >= 11 is 0. The number of rotatable bonds is 6.